The highest BCUT2D eigenvalue weighted by atomic mass is 32.1. The van der Waals surface area contributed by atoms with Gasteiger partial charge in [0.2, 0.25) is 0 Å². The van der Waals surface area contributed by atoms with Gasteiger partial charge in [0.1, 0.15) is 0 Å². The lowest BCUT2D eigenvalue weighted by Crippen LogP contribution is -2.38. The summed E-state index contributed by atoms with van der Waals surface area (Å²) in [4.78, 5) is 5.37. The van der Waals surface area contributed by atoms with Gasteiger partial charge in [-0.25, -0.2) is 0 Å². The third-order valence-corrected chi connectivity index (χ3v) is 3.13. The summed E-state index contributed by atoms with van der Waals surface area (Å²) in [7, 11) is 0. The van der Waals surface area contributed by atoms with E-state index in [1.165, 1.54) is 4.88 Å². The summed E-state index contributed by atoms with van der Waals surface area (Å²) in [6, 6.07) is 0.805. The number of hydrogen-bond donors (Lipinski definition) is 2. The summed E-state index contributed by atoms with van der Waals surface area (Å²) in [5.41, 5.74) is 7.75. The fourth-order valence-corrected chi connectivity index (χ4v) is 2.27. The maximum Gasteiger partial charge on any atom is 0.0794 e. The zero-order valence-electron chi connectivity index (χ0n) is 6.86. The zero-order valence-corrected chi connectivity index (χ0v) is 7.68. The average molecular weight is 183 g/mol. The molecule has 12 heavy (non-hydrogen) atoms. The fourth-order valence-electron chi connectivity index (χ4n) is 1.56. The number of hydrogen-bond acceptors (Lipinski definition) is 4. The second kappa shape index (κ2) is 3.51. The molecular weight excluding hydrogens is 170 g/mol. The molecule has 1 saturated heterocycles. The molecule has 0 amide bonds. The molecule has 2 rings (SSSR count). The molecule has 2 atom stereocenters. The number of nitrogens with two attached hydrogens (primary N) is 1. The molecule has 0 spiro atoms. The van der Waals surface area contributed by atoms with Crippen LogP contribution in [-0.2, 0) is 0 Å². The molecule has 0 saturated carbocycles. The Morgan fingerprint density at radius 3 is 3.25 bits per heavy atom. The normalized spacial score (nSPS) is 30.4. The lowest BCUT2D eigenvalue weighted by molar-refractivity contribution is 0.373. The predicted octanol–water partition coefficient (Wildman–Crippen LogP) is 0.895. The molecule has 0 bridgehead atoms. The van der Waals surface area contributed by atoms with Gasteiger partial charge in [-0.05, 0) is 19.4 Å². The van der Waals surface area contributed by atoms with Crippen LogP contribution in [0.5, 0.6) is 0 Å². The number of piperidine rings is 1. The van der Waals surface area contributed by atoms with Crippen LogP contribution in [0.15, 0.2) is 11.7 Å². The number of nitrogens with one attached hydrogen (secondary N) is 1. The molecule has 1 aliphatic heterocycles. The van der Waals surface area contributed by atoms with Crippen LogP contribution in [-0.4, -0.2) is 17.6 Å². The molecule has 1 aromatic rings. The lowest BCUT2D eigenvalue weighted by Gasteiger charge is -2.26. The number of rotatable bonds is 1. The van der Waals surface area contributed by atoms with E-state index in [0.717, 1.165) is 19.4 Å². The van der Waals surface area contributed by atoms with Gasteiger partial charge in [0.05, 0.1) is 5.51 Å². The quantitative estimate of drug-likeness (QED) is 0.680. The first-order valence-electron chi connectivity index (χ1n) is 4.23. The second-order valence-corrected chi connectivity index (χ2v) is 4.11. The number of nitrogens with zero attached hydrogens (tertiary/aromatic N) is 1. The molecule has 0 radical (unpaired) electrons. The standard InChI is InChI=1S/C8H13N3S/c9-6-1-2-11-7(3-6)8-4-10-5-12-8/h4-7,11H,1-3,9H2/t6-,7+/m1/s1. The van der Waals surface area contributed by atoms with Crippen LogP contribution in [0.4, 0.5) is 0 Å². The molecule has 3 N–H and O–H groups in total. The first-order chi connectivity index (χ1) is 5.86. The maximum atomic E-state index is 5.88. The van der Waals surface area contributed by atoms with Crippen LogP contribution in [0.3, 0.4) is 0 Å². The monoisotopic (exact) mass is 183 g/mol. The van der Waals surface area contributed by atoms with E-state index < -0.39 is 0 Å². The van der Waals surface area contributed by atoms with Gasteiger partial charge in [0.25, 0.3) is 0 Å². The van der Waals surface area contributed by atoms with Gasteiger partial charge < -0.3 is 11.1 Å². The van der Waals surface area contributed by atoms with Gasteiger partial charge in [-0.1, -0.05) is 0 Å². The van der Waals surface area contributed by atoms with E-state index in [1.807, 2.05) is 11.7 Å². The molecule has 4 heteroatoms. The zero-order chi connectivity index (χ0) is 8.39. The third kappa shape index (κ3) is 1.65. The Hall–Kier alpha value is -0.450. The fraction of sp³-hybridized carbons (Fsp3) is 0.625. The Balaban J connectivity index is 2.04. The van der Waals surface area contributed by atoms with Crippen LogP contribution in [0.25, 0.3) is 0 Å². The average Bonchev–Trinajstić information content (AvgIpc) is 2.56. The Morgan fingerprint density at radius 1 is 1.67 bits per heavy atom. The van der Waals surface area contributed by atoms with E-state index in [0.29, 0.717) is 12.1 Å². The van der Waals surface area contributed by atoms with E-state index >= 15 is 0 Å². The van der Waals surface area contributed by atoms with Gasteiger partial charge in [-0.3, -0.25) is 4.98 Å². The van der Waals surface area contributed by atoms with Crippen molar-refractivity contribution in [1.29, 1.82) is 0 Å². The lowest BCUT2D eigenvalue weighted by atomic mass is 10.00. The van der Waals surface area contributed by atoms with Crippen molar-refractivity contribution in [2.75, 3.05) is 6.54 Å². The highest BCUT2D eigenvalue weighted by molar-refractivity contribution is 7.09. The molecule has 3 nitrogen and oxygen atoms in total. The topological polar surface area (TPSA) is 50.9 Å². The van der Waals surface area contributed by atoms with Crippen molar-refractivity contribution in [1.82, 2.24) is 10.3 Å². The van der Waals surface area contributed by atoms with Crippen LogP contribution < -0.4 is 11.1 Å². The van der Waals surface area contributed by atoms with Crippen molar-refractivity contribution in [2.45, 2.75) is 24.9 Å². The Labute approximate surface area is 76.0 Å². The highest BCUT2D eigenvalue weighted by Crippen LogP contribution is 2.24. The highest BCUT2D eigenvalue weighted by Gasteiger charge is 2.20. The van der Waals surface area contributed by atoms with Crippen molar-refractivity contribution in [2.24, 2.45) is 5.73 Å². The van der Waals surface area contributed by atoms with Crippen molar-refractivity contribution >= 4 is 11.3 Å². The SMILES string of the molecule is N[C@@H]1CCN[C@H](c2cncs2)C1. The minimum atomic E-state index is 0.360. The van der Waals surface area contributed by atoms with Gasteiger partial charge in [-0.2, -0.15) is 0 Å². The summed E-state index contributed by atoms with van der Waals surface area (Å²) in [6.07, 6.45) is 4.07. The van der Waals surface area contributed by atoms with Crippen molar-refractivity contribution in [3.63, 3.8) is 0 Å². The third-order valence-electron chi connectivity index (χ3n) is 2.24. The Bertz CT molecular complexity index is 234. The molecule has 1 aliphatic rings. The number of thiazole rings is 1. The largest absolute Gasteiger partial charge is 0.328 e. The van der Waals surface area contributed by atoms with Crippen molar-refractivity contribution in [3.05, 3.63) is 16.6 Å². The van der Waals surface area contributed by atoms with Crippen molar-refractivity contribution < 1.29 is 0 Å². The van der Waals surface area contributed by atoms with Gasteiger partial charge in [0, 0.05) is 23.2 Å². The summed E-state index contributed by atoms with van der Waals surface area (Å²) >= 11 is 1.70. The van der Waals surface area contributed by atoms with E-state index in [1.54, 1.807) is 11.3 Å². The van der Waals surface area contributed by atoms with Crippen LogP contribution >= 0.6 is 11.3 Å². The molecule has 0 aliphatic carbocycles. The smallest absolute Gasteiger partial charge is 0.0794 e. The summed E-state index contributed by atoms with van der Waals surface area (Å²) in [5.74, 6) is 0. The van der Waals surface area contributed by atoms with Crippen molar-refractivity contribution in [3.8, 4) is 0 Å². The molecule has 2 heterocycles. The molecule has 1 fully saturated rings. The predicted molar refractivity (Wildman–Crippen MR) is 50.1 cm³/mol. The molecule has 66 valence electrons. The summed E-state index contributed by atoms with van der Waals surface area (Å²) in [6.45, 7) is 1.03. The molecule has 0 aromatic carbocycles. The van der Waals surface area contributed by atoms with E-state index in [9.17, 15) is 0 Å². The first-order valence-corrected chi connectivity index (χ1v) is 5.11. The Morgan fingerprint density at radius 2 is 2.58 bits per heavy atom. The molecule has 0 unspecified atom stereocenters. The van der Waals surface area contributed by atoms with Gasteiger partial charge in [0.15, 0.2) is 0 Å². The maximum absolute atomic E-state index is 5.88. The second-order valence-electron chi connectivity index (χ2n) is 3.19. The first kappa shape index (κ1) is 8.16. The van der Waals surface area contributed by atoms with E-state index in [2.05, 4.69) is 10.3 Å². The molecular formula is C8H13N3S. The van der Waals surface area contributed by atoms with E-state index in [-0.39, 0.29) is 0 Å². The number of aromatic nitrogens is 1. The van der Waals surface area contributed by atoms with Crippen LogP contribution in [0.2, 0.25) is 0 Å². The van der Waals surface area contributed by atoms with Gasteiger partial charge >= 0.3 is 0 Å². The van der Waals surface area contributed by atoms with Gasteiger partial charge in [-0.15, -0.1) is 11.3 Å². The molecule has 1 aromatic heterocycles. The Kier molecular flexibility index (Phi) is 2.39. The van der Waals surface area contributed by atoms with Crippen LogP contribution in [0, 0.1) is 0 Å². The summed E-state index contributed by atoms with van der Waals surface area (Å²) < 4.78 is 0. The minimum absolute atomic E-state index is 0.360. The summed E-state index contributed by atoms with van der Waals surface area (Å²) in [5, 5.41) is 3.44. The van der Waals surface area contributed by atoms with Crippen LogP contribution in [0.1, 0.15) is 23.8 Å². The van der Waals surface area contributed by atoms with E-state index in [4.69, 9.17) is 5.73 Å². The minimum Gasteiger partial charge on any atom is -0.328 e.